The lowest BCUT2D eigenvalue weighted by atomic mass is 9.87. The van der Waals surface area contributed by atoms with Crippen molar-refractivity contribution >= 4 is 17.5 Å². The Morgan fingerprint density at radius 1 is 0.889 bits per heavy atom. The molecule has 0 radical (unpaired) electrons. The van der Waals surface area contributed by atoms with E-state index >= 15 is 0 Å². The molecular formula is C23H26N4. The Balaban J connectivity index is 1.63. The van der Waals surface area contributed by atoms with Crippen LogP contribution in [0.2, 0.25) is 0 Å². The molecule has 2 aromatic carbocycles. The molecule has 0 unspecified atom stereocenters. The Morgan fingerprint density at radius 3 is 2.22 bits per heavy atom. The van der Waals surface area contributed by atoms with Gasteiger partial charge in [-0.15, -0.1) is 0 Å². The predicted octanol–water partition coefficient (Wildman–Crippen LogP) is 5.76. The van der Waals surface area contributed by atoms with E-state index in [9.17, 15) is 0 Å². The lowest BCUT2D eigenvalue weighted by molar-refractivity contribution is 0.590. The Bertz CT molecular complexity index is 907. The second-order valence-electron chi connectivity index (χ2n) is 8.20. The minimum Gasteiger partial charge on any atom is -0.351 e. The molecule has 3 aromatic rings. The maximum absolute atomic E-state index is 4.71. The van der Waals surface area contributed by atoms with Gasteiger partial charge in [-0.25, -0.2) is 4.98 Å². The lowest BCUT2D eigenvalue weighted by Gasteiger charge is -2.19. The van der Waals surface area contributed by atoms with Gasteiger partial charge >= 0.3 is 0 Å². The molecule has 0 amide bonds. The SMILES string of the molecule is CC(C)(C)c1ccc(Nc2cc(-c3ccccc3)nc(NC3CC3)n2)cc1. The van der Waals surface area contributed by atoms with Crippen LogP contribution in [0.1, 0.15) is 39.2 Å². The van der Waals surface area contributed by atoms with E-state index in [1.54, 1.807) is 0 Å². The van der Waals surface area contributed by atoms with Crippen molar-refractivity contribution in [3.8, 4) is 11.3 Å². The van der Waals surface area contributed by atoms with E-state index in [2.05, 4.69) is 72.8 Å². The van der Waals surface area contributed by atoms with E-state index in [0.717, 1.165) is 22.8 Å². The monoisotopic (exact) mass is 358 g/mol. The molecule has 4 rings (SSSR count). The number of nitrogens with zero attached hydrogens (tertiary/aromatic N) is 2. The molecule has 1 fully saturated rings. The molecule has 0 saturated heterocycles. The Morgan fingerprint density at radius 2 is 1.59 bits per heavy atom. The molecule has 0 bridgehead atoms. The van der Waals surface area contributed by atoms with Gasteiger partial charge in [-0.05, 0) is 36.0 Å². The first-order valence-electron chi connectivity index (χ1n) is 9.56. The quantitative estimate of drug-likeness (QED) is 0.609. The zero-order chi connectivity index (χ0) is 18.9. The van der Waals surface area contributed by atoms with E-state index in [1.165, 1.54) is 18.4 Å². The van der Waals surface area contributed by atoms with Gasteiger partial charge in [0.25, 0.3) is 0 Å². The summed E-state index contributed by atoms with van der Waals surface area (Å²) >= 11 is 0. The topological polar surface area (TPSA) is 49.8 Å². The minimum absolute atomic E-state index is 0.148. The zero-order valence-electron chi connectivity index (χ0n) is 16.2. The molecule has 1 aliphatic rings. The molecule has 0 spiro atoms. The Labute approximate surface area is 161 Å². The number of benzene rings is 2. The van der Waals surface area contributed by atoms with Crippen LogP contribution in [0.5, 0.6) is 0 Å². The van der Waals surface area contributed by atoms with E-state index in [0.29, 0.717) is 12.0 Å². The van der Waals surface area contributed by atoms with Crippen molar-refractivity contribution in [2.75, 3.05) is 10.6 Å². The minimum atomic E-state index is 0.148. The smallest absolute Gasteiger partial charge is 0.225 e. The summed E-state index contributed by atoms with van der Waals surface area (Å²) < 4.78 is 0. The van der Waals surface area contributed by atoms with Crippen LogP contribution in [-0.4, -0.2) is 16.0 Å². The summed E-state index contributed by atoms with van der Waals surface area (Å²) in [5.74, 6) is 1.49. The van der Waals surface area contributed by atoms with Gasteiger partial charge < -0.3 is 10.6 Å². The number of rotatable bonds is 5. The molecule has 1 saturated carbocycles. The second-order valence-corrected chi connectivity index (χ2v) is 8.20. The van der Waals surface area contributed by atoms with Crippen molar-refractivity contribution in [1.82, 2.24) is 9.97 Å². The molecular weight excluding hydrogens is 332 g/mol. The van der Waals surface area contributed by atoms with Crippen LogP contribution in [0, 0.1) is 0 Å². The van der Waals surface area contributed by atoms with Gasteiger partial charge in [-0.3, -0.25) is 0 Å². The fourth-order valence-electron chi connectivity index (χ4n) is 2.94. The van der Waals surface area contributed by atoms with Crippen molar-refractivity contribution in [3.05, 3.63) is 66.2 Å². The van der Waals surface area contributed by atoms with Crippen molar-refractivity contribution in [2.24, 2.45) is 0 Å². The highest BCUT2D eigenvalue weighted by Gasteiger charge is 2.22. The summed E-state index contributed by atoms with van der Waals surface area (Å²) in [7, 11) is 0. The highest BCUT2D eigenvalue weighted by Crippen LogP contribution is 2.28. The molecule has 4 heteroatoms. The number of hydrogen-bond acceptors (Lipinski definition) is 4. The molecule has 0 aliphatic heterocycles. The molecule has 1 aliphatic carbocycles. The number of nitrogens with one attached hydrogen (secondary N) is 2. The lowest BCUT2D eigenvalue weighted by Crippen LogP contribution is -2.10. The predicted molar refractivity (Wildman–Crippen MR) is 113 cm³/mol. The van der Waals surface area contributed by atoms with Crippen LogP contribution in [0.3, 0.4) is 0 Å². The molecule has 27 heavy (non-hydrogen) atoms. The second kappa shape index (κ2) is 7.03. The average Bonchev–Trinajstić information content (AvgIpc) is 3.46. The summed E-state index contributed by atoms with van der Waals surface area (Å²) in [4.78, 5) is 9.38. The summed E-state index contributed by atoms with van der Waals surface area (Å²) in [6.45, 7) is 6.67. The third-order valence-electron chi connectivity index (χ3n) is 4.73. The van der Waals surface area contributed by atoms with Crippen LogP contribution in [0.15, 0.2) is 60.7 Å². The number of anilines is 3. The maximum atomic E-state index is 4.71. The third-order valence-corrected chi connectivity index (χ3v) is 4.73. The van der Waals surface area contributed by atoms with Crippen LogP contribution in [-0.2, 0) is 5.41 Å². The number of hydrogen-bond donors (Lipinski definition) is 2. The van der Waals surface area contributed by atoms with E-state index in [1.807, 2.05) is 24.3 Å². The van der Waals surface area contributed by atoms with E-state index < -0.39 is 0 Å². The molecule has 1 heterocycles. The fourth-order valence-corrected chi connectivity index (χ4v) is 2.94. The largest absolute Gasteiger partial charge is 0.351 e. The summed E-state index contributed by atoms with van der Waals surface area (Å²) in [5, 5.41) is 6.85. The van der Waals surface area contributed by atoms with Crippen LogP contribution >= 0.6 is 0 Å². The summed E-state index contributed by atoms with van der Waals surface area (Å²) in [6, 6.07) is 21.3. The fraction of sp³-hybridized carbons (Fsp3) is 0.304. The number of aromatic nitrogens is 2. The highest BCUT2D eigenvalue weighted by atomic mass is 15.2. The molecule has 1 aromatic heterocycles. The normalized spacial score (nSPS) is 14.0. The Hall–Kier alpha value is -2.88. The summed E-state index contributed by atoms with van der Waals surface area (Å²) in [5.41, 5.74) is 4.50. The third kappa shape index (κ3) is 4.45. The van der Waals surface area contributed by atoms with Crippen molar-refractivity contribution in [2.45, 2.75) is 45.1 Å². The zero-order valence-corrected chi connectivity index (χ0v) is 16.2. The average molecular weight is 358 g/mol. The first-order valence-corrected chi connectivity index (χ1v) is 9.56. The van der Waals surface area contributed by atoms with Crippen molar-refractivity contribution in [3.63, 3.8) is 0 Å². The van der Waals surface area contributed by atoms with Gasteiger partial charge in [0.05, 0.1) is 5.69 Å². The van der Waals surface area contributed by atoms with Crippen LogP contribution in [0.4, 0.5) is 17.5 Å². The van der Waals surface area contributed by atoms with Crippen LogP contribution in [0.25, 0.3) is 11.3 Å². The van der Waals surface area contributed by atoms with Gasteiger partial charge in [0, 0.05) is 23.4 Å². The first-order chi connectivity index (χ1) is 13.0. The van der Waals surface area contributed by atoms with Gasteiger partial charge in [0.1, 0.15) is 5.82 Å². The highest BCUT2D eigenvalue weighted by molar-refractivity contribution is 5.67. The molecule has 4 nitrogen and oxygen atoms in total. The molecule has 0 atom stereocenters. The van der Waals surface area contributed by atoms with Gasteiger partial charge in [-0.2, -0.15) is 4.98 Å². The van der Waals surface area contributed by atoms with Gasteiger partial charge in [0.15, 0.2) is 0 Å². The van der Waals surface area contributed by atoms with Crippen molar-refractivity contribution in [1.29, 1.82) is 0 Å². The molecule has 2 N–H and O–H groups in total. The Kier molecular flexibility index (Phi) is 4.56. The van der Waals surface area contributed by atoms with E-state index in [-0.39, 0.29) is 5.41 Å². The van der Waals surface area contributed by atoms with Gasteiger partial charge in [0.2, 0.25) is 5.95 Å². The standard InChI is InChI=1S/C23H26N4/c1-23(2,3)17-9-11-18(12-10-17)24-21-15-20(16-7-5-4-6-8-16)26-22(27-21)25-19-13-14-19/h4-12,15,19H,13-14H2,1-3H3,(H2,24,25,26,27). The van der Waals surface area contributed by atoms with Crippen molar-refractivity contribution < 1.29 is 0 Å². The van der Waals surface area contributed by atoms with E-state index in [4.69, 9.17) is 4.98 Å². The molecule has 138 valence electrons. The first kappa shape index (κ1) is 17.5. The maximum Gasteiger partial charge on any atom is 0.225 e. The van der Waals surface area contributed by atoms with Gasteiger partial charge in [-0.1, -0.05) is 63.2 Å². The van der Waals surface area contributed by atoms with Crippen LogP contribution < -0.4 is 10.6 Å². The summed E-state index contributed by atoms with van der Waals surface area (Å²) in [6.07, 6.45) is 2.38.